The lowest BCUT2D eigenvalue weighted by atomic mass is 10.1. The van der Waals surface area contributed by atoms with E-state index in [1.807, 2.05) is 6.92 Å². The van der Waals surface area contributed by atoms with E-state index in [0.717, 1.165) is 11.8 Å². The zero-order valence-corrected chi connectivity index (χ0v) is 11.2. The molecule has 0 aliphatic heterocycles. The Morgan fingerprint density at radius 1 is 1.29 bits per heavy atom. The molecule has 110 valence electrons. The molecule has 0 amide bonds. The van der Waals surface area contributed by atoms with Crippen LogP contribution < -0.4 is 5.32 Å². The highest BCUT2D eigenvalue weighted by molar-refractivity contribution is 5.62. The van der Waals surface area contributed by atoms with Crippen LogP contribution in [0.5, 0.6) is 0 Å². The molecule has 0 saturated heterocycles. The number of anilines is 1. The molecular weight excluding hydrogens is 278 g/mol. The van der Waals surface area contributed by atoms with E-state index in [0.29, 0.717) is 18.8 Å². The molecule has 0 unspecified atom stereocenters. The van der Waals surface area contributed by atoms with Crippen LogP contribution in [0, 0.1) is 20.2 Å². The van der Waals surface area contributed by atoms with E-state index in [1.54, 1.807) is 12.1 Å². The van der Waals surface area contributed by atoms with Crippen LogP contribution in [0.2, 0.25) is 0 Å². The van der Waals surface area contributed by atoms with Gasteiger partial charge in [-0.15, -0.1) is 0 Å². The second kappa shape index (κ2) is 5.99. The summed E-state index contributed by atoms with van der Waals surface area (Å²) >= 11 is 0. The summed E-state index contributed by atoms with van der Waals surface area (Å²) in [6.45, 7) is 2.69. The minimum absolute atomic E-state index is 0.00736. The molecule has 0 radical (unpaired) electrons. The molecular formula is C12H13N5O4. The van der Waals surface area contributed by atoms with Crippen LogP contribution in [-0.4, -0.2) is 26.2 Å². The van der Waals surface area contributed by atoms with Gasteiger partial charge in [0.1, 0.15) is 18.1 Å². The maximum absolute atomic E-state index is 10.9. The summed E-state index contributed by atoms with van der Waals surface area (Å²) in [6, 6.07) is 4.66. The molecule has 0 bridgehead atoms. The summed E-state index contributed by atoms with van der Waals surface area (Å²) in [5.74, 6) is 0. The number of hydrogen-bond donors (Lipinski definition) is 1. The van der Waals surface area contributed by atoms with Crippen LogP contribution in [0.4, 0.5) is 17.1 Å². The van der Waals surface area contributed by atoms with Gasteiger partial charge < -0.3 is 5.32 Å². The number of nitrogens with one attached hydrogen (secondary N) is 1. The summed E-state index contributed by atoms with van der Waals surface area (Å²) in [5.41, 5.74) is 1.08. The predicted molar refractivity (Wildman–Crippen MR) is 75.2 cm³/mol. The van der Waals surface area contributed by atoms with Crippen molar-refractivity contribution in [1.82, 2.24) is 9.78 Å². The van der Waals surface area contributed by atoms with Gasteiger partial charge in [0.15, 0.2) is 0 Å². The molecule has 1 N–H and O–H groups in total. The van der Waals surface area contributed by atoms with Crippen LogP contribution in [0.25, 0.3) is 0 Å². The SMILES string of the molecule is CCNc1cc(Cn2cc([N+](=O)[O-])cn2)ccc1[N+](=O)[O-]. The Balaban J connectivity index is 2.25. The molecule has 0 aliphatic rings. The molecule has 0 aliphatic carbocycles. The Bertz CT molecular complexity index is 682. The number of rotatable bonds is 6. The fourth-order valence-corrected chi connectivity index (χ4v) is 1.89. The van der Waals surface area contributed by atoms with Crippen molar-refractivity contribution in [3.8, 4) is 0 Å². The standard InChI is InChI=1S/C12H13N5O4/c1-2-13-11-5-9(3-4-12(11)17(20)21)7-15-8-10(6-14-15)16(18)19/h3-6,8,13H,2,7H2,1H3. The Morgan fingerprint density at radius 3 is 2.62 bits per heavy atom. The van der Waals surface area contributed by atoms with E-state index in [-0.39, 0.29) is 11.4 Å². The molecule has 0 atom stereocenters. The Labute approximate surface area is 119 Å². The van der Waals surface area contributed by atoms with Gasteiger partial charge in [0.2, 0.25) is 0 Å². The normalized spacial score (nSPS) is 10.3. The number of benzene rings is 1. The third kappa shape index (κ3) is 3.32. The molecule has 1 aromatic carbocycles. The average molecular weight is 291 g/mol. The zero-order chi connectivity index (χ0) is 15.4. The zero-order valence-electron chi connectivity index (χ0n) is 11.2. The van der Waals surface area contributed by atoms with Gasteiger partial charge in [-0.25, -0.2) is 0 Å². The molecule has 0 saturated carbocycles. The maximum Gasteiger partial charge on any atom is 0.307 e. The van der Waals surface area contributed by atoms with E-state index in [4.69, 9.17) is 0 Å². The second-order valence-electron chi connectivity index (χ2n) is 4.29. The van der Waals surface area contributed by atoms with Gasteiger partial charge in [0.05, 0.1) is 16.4 Å². The van der Waals surface area contributed by atoms with Crippen LogP contribution >= 0.6 is 0 Å². The lowest BCUT2D eigenvalue weighted by Crippen LogP contribution is -2.04. The topological polar surface area (TPSA) is 116 Å². The van der Waals surface area contributed by atoms with Gasteiger partial charge in [-0.1, -0.05) is 6.07 Å². The van der Waals surface area contributed by atoms with E-state index < -0.39 is 9.85 Å². The van der Waals surface area contributed by atoms with Crippen molar-refractivity contribution in [1.29, 1.82) is 0 Å². The smallest absolute Gasteiger partial charge is 0.307 e. The minimum Gasteiger partial charge on any atom is -0.380 e. The quantitative estimate of drug-likeness (QED) is 0.644. The van der Waals surface area contributed by atoms with Crippen molar-refractivity contribution in [2.24, 2.45) is 0 Å². The van der Waals surface area contributed by atoms with Crippen molar-refractivity contribution >= 4 is 17.1 Å². The van der Waals surface area contributed by atoms with Crippen LogP contribution in [0.1, 0.15) is 12.5 Å². The largest absolute Gasteiger partial charge is 0.380 e. The third-order valence-corrected chi connectivity index (χ3v) is 2.80. The molecule has 0 fully saturated rings. The van der Waals surface area contributed by atoms with Gasteiger partial charge >= 0.3 is 5.69 Å². The van der Waals surface area contributed by atoms with Gasteiger partial charge in [0, 0.05) is 12.6 Å². The van der Waals surface area contributed by atoms with Crippen molar-refractivity contribution in [2.75, 3.05) is 11.9 Å². The first-order chi connectivity index (χ1) is 10.0. The highest BCUT2D eigenvalue weighted by atomic mass is 16.6. The van der Waals surface area contributed by atoms with Crippen molar-refractivity contribution < 1.29 is 9.85 Å². The van der Waals surface area contributed by atoms with Crippen LogP contribution in [-0.2, 0) is 6.54 Å². The average Bonchev–Trinajstić information content (AvgIpc) is 2.88. The maximum atomic E-state index is 10.9. The number of nitrogens with zero attached hydrogens (tertiary/aromatic N) is 4. The first kappa shape index (κ1) is 14.4. The first-order valence-electron chi connectivity index (χ1n) is 6.19. The van der Waals surface area contributed by atoms with E-state index in [2.05, 4.69) is 10.4 Å². The Hall–Kier alpha value is -2.97. The van der Waals surface area contributed by atoms with E-state index in [1.165, 1.54) is 16.9 Å². The van der Waals surface area contributed by atoms with Crippen molar-refractivity contribution in [2.45, 2.75) is 13.5 Å². The lowest BCUT2D eigenvalue weighted by Gasteiger charge is -2.07. The molecule has 2 rings (SSSR count). The highest BCUT2D eigenvalue weighted by Crippen LogP contribution is 2.25. The number of hydrogen-bond acceptors (Lipinski definition) is 6. The fraction of sp³-hybridized carbons (Fsp3) is 0.250. The lowest BCUT2D eigenvalue weighted by molar-refractivity contribution is -0.385. The highest BCUT2D eigenvalue weighted by Gasteiger charge is 2.14. The number of nitro groups is 2. The van der Waals surface area contributed by atoms with Crippen molar-refractivity contribution in [3.05, 3.63) is 56.4 Å². The second-order valence-corrected chi connectivity index (χ2v) is 4.29. The summed E-state index contributed by atoms with van der Waals surface area (Å²) in [6.07, 6.45) is 2.48. The number of aromatic nitrogens is 2. The summed E-state index contributed by atoms with van der Waals surface area (Å²) in [5, 5.41) is 28.3. The van der Waals surface area contributed by atoms with Crippen molar-refractivity contribution in [3.63, 3.8) is 0 Å². The van der Waals surface area contributed by atoms with Gasteiger partial charge in [-0.2, -0.15) is 5.10 Å². The van der Waals surface area contributed by atoms with Gasteiger partial charge in [0.25, 0.3) is 5.69 Å². The summed E-state index contributed by atoms with van der Waals surface area (Å²) in [4.78, 5) is 20.5. The molecule has 9 nitrogen and oxygen atoms in total. The Kier molecular flexibility index (Phi) is 4.12. The third-order valence-electron chi connectivity index (χ3n) is 2.80. The van der Waals surface area contributed by atoms with Gasteiger partial charge in [-0.05, 0) is 18.6 Å². The molecule has 1 heterocycles. The van der Waals surface area contributed by atoms with E-state index in [9.17, 15) is 20.2 Å². The monoisotopic (exact) mass is 291 g/mol. The van der Waals surface area contributed by atoms with E-state index >= 15 is 0 Å². The first-order valence-corrected chi connectivity index (χ1v) is 6.19. The predicted octanol–water partition coefficient (Wildman–Crippen LogP) is 2.18. The molecule has 9 heteroatoms. The molecule has 2 aromatic rings. The van der Waals surface area contributed by atoms with Crippen LogP contribution in [0.15, 0.2) is 30.6 Å². The Morgan fingerprint density at radius 2 is 2.05 bits per heavy atom. The summed E-state index contributed by atoms with van der Waals surface area (Å²) in [7, 11) is 0. The summed E-state index contributed by atoms with van der Waals surface area (Å²) < 4.78 is 1.41. The number of nitro benzene ring substituents is 1. The molecule has 0 spiro atoms. The minimum atomic E-state index is -0.524. The van der Waals surface area contributed by atoms with Gasteiger partial charge in [-0.3, -0.25) is 24.9 Å². The molecule has 21 heavy (non-hydrogen) atoms. The van der Waals surface area contributed by atoms with Crippen LogP contribution in [0.3, 0.4) is 0 Å². The molecule has 1 aromatic heterocycles. The fourth-order valence-electron chi connectivity index (χ4n) is 1.89.